The SMILES string of the molecule is CC(=O)N1CC=C[C@H]1C(=O)N[C@H](Cc1ccc(Cl)cc1)C(=O)N[C@H](Cc1ccc2ccccc2c1)C(=O)N[C@@H](CO)C(=O)N[C@@H](Cc1cnc[nH]1)C(=O)N[C@H](Cc1ccc2ccccc2c1)C(=O)N[C@@H](Cc1c[nH]c2ccccc12)C(=O)N[C@@H](Cc1ccc(O)cc1)C(=O)N1CCC[C@H]1C(=O)N[C@H](C)C(=O)O. The van der Waals surface area contributed by atoms with E-state index in [0.29, 0.717) is 55.9 Å². The van der Waals surface area contributed by atoms with Gasteiger partial charge in [0.15, 0.2) is 0 Å². The smallest absolute Gasteiger partial charge is 0.325 e. The van der Waals surface area contributed by atoms with Crippen molar-refractivity contribution in [1.82, 2.24) is 67.3 Å². The minimum absolute atomic E-state index is 0.0729. The molecule has 7 aromatic carbocycles. The normalized spacial score (nSPS) is 16.3. The lowest BCUT2D eigenvalue weighted by Gasteiger charge is -2.31. The Morgan fingerprint density at radius 2 is 1.02 bits per heavy atom. The van der Waals surface area contributed by atoms with Gasteiger partial charge in [0.25, 0.3) is 0 Å². The summed E-state index contributed by atoms with van der Waals surface area (Å²) in [6, 6.07) is 31.2. The number of carbonyl (C=O) groups is 11. The van der Waals surface area contributed by atoms with Crippen LogP contribution in [-0.4, -0.2) is 185 Å². The highest BCUT2D eigenvalue weighted by Crippen LogP contribution is 2.25. The molecule has 0 aliphatic carbocycles. The Bertz CT molecular complexity index is 4800. The van der Waals surface area contributed by atoms with E-state index in [4.69, 9.17) is 11.6 Å². The van der Waals surface area contributed by atoms with E-state index in [-0.39, 0.29) is 69.7 Å². The van der Waals surface area contributed by atoms with Crippen LogP contribution in [0.2, 0.25) is 5.02 Å². The van der Waals surface area contributed by atoms with E-state index >= 15 is 14.4 Å². The monoisotopic (exact) mass is 1470 g/mol. The molecule has 1 fully saturated rings. The van der Waals surface area contributed by atoms with Crippen LogP contribution in [0.15, 0.2) is 189 Å². The first kappa shape index (κ1) is 75.9. The number of halogens is 1. The molecule has 0 saturated carbocycles. The first-order valence-electron chi connectivity index (χ1n) is 35.1. The molecule has 11 rings (SSSR count). The van der Waals surface area contributed by atoms with Crippen LogP contribution in [0.3, 0.4) is 0 Å². The molecule has 1 saturated heterocycles. The molecule has 9 aromatic rings. The summed E-state index contributed by atoms with van der Waals surface area (Å²) in [4.78, 5) is 171. The molecule has 10 amide bonds. The van der Waals surface area contributed by atoms with Gasteiger partial charge in [-0.15, -0.1) is 0 Å². The number of carboxylic acids is 1. The summed E-state index contributed by atoms with van der Waals surface area (Å²) >= 11 is 6.23. The molecule has 107 heavy (non-hydrogen) atoms. The third kappa shape index (κ3) is 19.6. The van der Waals surface area contributed by atoms with Crippen molar-refractivity contribution >= 4 is 109 Å². The second-order valence-corrected chi connectivity index (χ2v) is 27.2. The Hall–Kier alpha value is -12.2. The molecule has 13 N–H and O–H groups in total. The number of imidazole rings is 1. The largest absolute Gasteiger partial charge is 0.508 e. The van der Waals surface area contributed by atoms with E-state index in [1.54, 1.807) is 72.9 Å². The number of aromatic nitrogens is 3. The number of likely N-dealkylation sites (tertiary alicyclic amines) is 1. The maximum Gasteiger partial charge on any atom is 0.325 e. The van der Waals surface area contributed by atoms with Crippen molar-refractivity contribution in [2.45, 2.75) is 126 Å². The molecular formula is C79H82ClN13O14. The van der Waals surface area contributed by atoms with Crippen LogP contribution in [0.4, 0.5) is 0 Å². The van der Waals surface area contributed by atoms with Gasteiger partial charge in [-0.1, -0.05) is 151 Å². The summed E-state index contributed by atoms with van der Waals surface area (Å²) in [7, 11) is 0. The second kappa shape index (κ2) is 35.0. The van der Waals surface area contributed by atoms with Gasteiger partial charge in [-0.2, -0.15) is 0 Å². The number of rotatable bonds is 31. The highest BCUT2D eigenvalue weighted by atomic mass is 35.5. The molecule has 2 aromatic heterocycles. The van der Waals surface area contributed by atoms with Crippen molar-refractivity contribution in [2.24, 2.45) is 0 Å². The van der Waals surface area contributed by atoms with E-state index in [0.717, 1.165) is 21.5 Å². The number of hydrogen-bond donors (Lipinski definition) is 13. The van der Waals surface area contributed by atoms with Crippen molar-refractivity contribution in [1.29, 1.82) is 0 Å². The van der Waals surface area contributed by atoms with E-state index in [1.807, 2.05) is 91.0 Å². The number of para-hydroxylation sites is 1. The molecule has 0 unspecified atom stereocenters. The summed E-state index contributed by atoms with van der Waals surface area (Å²) in [5, 5.41) is 57.2. The van der Waals surface area contributed by atoms with Crippen LogP contribution in [0.25, 0.3) is 32.4 Å². The van der Waals surface area contributed by atoms with Crippen LogP contribution in [-0.2, 0) is 91.3 Å². The summed E-state index contributed by atoms with van der Waals surface area (Å²) in [6.07, 6.45) is 7.00. The van der Waals surface area contributed by atoms with E-state index in [9.17, 15) is 53.7 Å². The summed E-state index contributed by atoms with van der Waals surface area (Å²) in [5.74, 6) is -9.39. The quantitative estimate of drug-likeness (QED) is 0.0273. The van der Waals surface area contributed by atoms with Crippen LogP contribution in [0.1, 0.15) is 60.2 Å². The van der Waals surface area contributed by atoms with Crippen molar-refractivity contribution in [3.8, 4) is 5.75 Å². The van der Waals surface area contributed by atoms with Gasteiger partial charge in [0.2, 0.25) is 59.1 Å². The fraction of sp³-hybridized carbons (Fsp3) is 0.291. The average molecular weight is 1470 g/mol. The van der Waals surface area contributed by atoms with Crippen LogP contribution < -0.4 is 42.5 Å². The number of hydrogen-bond acceptors (Lipinski definition) is 14. The molecular weight excluding hydrogens is 1390 g/mol. The van der Waals surface area contributed by atoms with Gasteiger partial charge in [-0.05, 0) is 99.5 Å². The maximum atomic E-state index is 15.6. The number of carbonyl (C=O) groups excluding carboxylic acids is 10. The van der Waals surface area contributed by atoms with E-state index in [1.165, 1.54) is 48.3 Å². The summed E-state index contributed by atoms with van der Waals surface area (Å²) in [6.45, 7) is 1.80. The number of fused-ring (bicyclic) bond motifs is 3. The van der Waals surface area contributed by atoms with Gasteiger partial charge in [-0.25, -0.2) is 4.98 Å². The number of nitrogens with one attached hydrogen (secondary N) is 10. The zero-order valence-electron chi connectivity index (χ0n) is 58.5. The summed E-state index contributed by atoms with van der Waals surface area (Å²) < 4.78 is 0. The zero-order chi connectivity index (χ0) is 75.8. The Labute approximate surface area is 619 Å². The third-order valence-corrected chi connectivity index (χ3v) is 19.4. The van der Waals surface area contributed by atoms with Gasteiger partial charge >= 0.3 is 5.97 Å². The number of benzene rings is 7. The maximum absolute atomic E-state index is 15.6. The molecule has 554 valence electrons. The predicted octanol–water partition coefficient (Wildman–Crippen LogP) is 4.07. The molecule has 27 nitrogen and oxygen atoms in total. The fourth-order valence-electron chi connectivity index (χ4n) is 13.3. The van der Waals surface area contributed by atoms with Crippen molar-refractivity contribution in [2.75, 3.05) is 19.7 Å². The Balaban J connectivity index is 0.879. The van der Waals surface area contributed by atoms with Crippen molar-refractivity contribution in [3.63, 3.8) is 0 Å². The number of aromatic hydroxyl groups is 1. The molecule has 2 aliphatic heterocycles. The second-order valence-electron chi connectivity index (χ2n) is 26.7. The van der Waals surface area contributed by atoms with Crippen LogP contribution >= 0.6 is 11.6 Å². The highest BCUT2D eigenvalue weighted by molar-refractivity contribution is 6.30. The topological polar surface area (TPSA) is 396 Å². The minimum Gasteiger partial charge on any atom is -0.508 e. The predicted molar refractivity (Wildman–Crippen MR) is 397 cm³/mol. The first-order valence-corrected chi connectivity index (χ1v) is 35.4. The Morgan fingerprint density at radius 1 is 0.533 bits per heavy atom. The Morgan fingerprint density at radius 3 is 1.58 bits per heavy atom. The zero-order valence-corrected chi connectivity index (χ0v) is 59.3. The van der Waals surface area contributed by atoms with E-state index < -0.39 is 126 Å². The number of aliphatic hydroxyl groups excluding tert-OH is 1. The number of aliphatic carboxylic acids is 1. The molecule has 28 heteroatoms. The number of amides is 10. The molecule has 4 heterocycles. The molecule has 0 bridgehead atoms. The lowest BCUT2D eigenvalue weighted by Crippen LogP contribution is -2.62. The van der Waals surface area contributed by atoms with Crippen LogP contribution in [0, 0.1) is 0 Å². The number of phenolic OH excluding ortho intramolecular Hbond substituents is 1. The number of aromatic amines is 2. The number of carboxylic acid groups (broad SMARTS) is 1. The molecule has 0 radical (unpaired) electrons. The van der Waals surface area contributed by atoms with Gasteiger partial charge < -0.3 is 77.6 Å². The first-order chi connectivity index (χ1) is 51.5. The van der Waals surface area contributed by atoms with Gasteiger partial charge in [-0.3, -0.25) is 52.7 Å². The number of aliphatic hydroxyl groups is 1. The standard InChI is InChI=1S/C79H82ClN13O14/c1-45(79(106)107)84-76(103)69-18-10-32-93(69)78(105)66(36-48-23-29-58(96)30-24-48)90-73(100)64(39-55-41-82-60-16-8-7-15-59(55)60)87-71(98)62(37-49-19-25-51-11-3-5-13-53(51)33-49)86-74(101)65(40-57-42-81-44-83-57)88-75(102)67(43-94)91-72(99)63(38-50-20-26-52-12-4-6-14-54(52)34-50)85-70(97)61(35-47-21-27-56(80)28-22-47)89-77(104)68-17-9-31-92(68)46(2)95/h3-9,11-17,19-30,33-34,41-42,44-45,61-69,82,94,96H,10,18,31-32,35-40,43H2,1-2H3,(H,81,83)(H,84,103)(H,85,97)(H,86,101)(H,87,98)(H,88,102)(H,89,104)(H,90,100)(H,91,99)(H,106,107)/t45-,61-,62-,63-,64+,65+,66+,67+,68+,69+/m1/s1. The number of phenols is 1. The third-order valence-electron chi connectivity index (χ3n) is 19.1. The Kier molecular flexibility index (Phi) is 24.9. The minimum atomic E-state index is -1.81. The number of nitrogens with zero attached hydrogens (tertiary/aromatic N) is 3. The number of H-pyrrole nitrogens is 2. The van der Waals surface area contributed by atoms with Gasteiger partial charge in [0, 0.05) is 92.6 Å². The lowest BCUT2D eigenvalue weighted by molar-refractivity contribution is -0.144. The summed E-state index contributed by atoms with van der Waals surface area (Å²) in [5.41, 5.74) is 3.78. The fourth-order valence-corrected chi connectivity index (χ4v) is 13.5. The van der Waals surface area contributed by atoms with Crippen molar-refractivity contribution in [3.05, 3.63) is 227 Å². The highest BCUT2D eigenvalue weighted by Gasteiger charge is 2.41. The van der Waals surface area contributed by atoms with E-state index in [2.05, 4.69) is 57.5 Å². The molecule has 2 aliphatic rings. The van der Waals surface area contributed by atoms with Crippen molar-refractivity contribution < 1.29 is 68.1 Å². The van der Waals surface area contributed by atoms with Gasteiger partial charge in [0.1, 0.15) is 66.2 Å². The van der Waals surface area contributed by atoms with Crippen LogP contribution in [0.5, 0.6) is 5.75 Å². The lowest BCUT2D eigenvalue weighted by atomic mass is 9.99. The van der Waals surface area contributed by atoms with Gasteiger partial charge in [0.05, 0.1) is 12.9 Å². The average Bonchev–Trinajstić information content (AvgIpc) is 1.81. The molecule has 10 atom stereocenters. The molecule has 0 spiro atoms.